The number of hydrogen-bond donors (Lipinski definition) is 1. The van der Waals surface area contributed by atoms with Crippen LogP contribution >= 0.6 is 0 Å². The maximum absolute atomic E-state index is 10.8. The molecule has 1 aliphatic heterocycles. The number of nitrogens with zero attached hydrogens (tertiary/aromatic N) is 1. The van der Waals surface area contributed by atoms with Crippen LogP contribution in [0, 0.1) is 0 Å². The number of carbonyl (C=O) groups is 1. The molecule has 0 spiro atoms. The monoisotopic (exact) mass is 200 g/mol. The van der Waals surface area contributed by atoms with Gasteiger partial charge in [-0.3, -0.25) is 9.79 Å². The molecule has 0 saturated carbocycles. The highest BCUT2D eigenvalue weighted by Crippen LogP contribution is 2.20. The third-order valence-electron chi connectivity index (χ3n) is 2.24. The van der Waals surface area contributed by atoms with Gasteiger partial charge >= 0.3 is 0 Å². The van der Waals surface area contributed by atoms with Gasteiger partial charge in [0.2, 0.25) is 5.91 Å². The summed E-state index contributed by atoms with van der Waals surface area (Å²) in [4.78, 5) is 14.8. The van der Waals surface area contributed by atoms with E-state index in [1.54, 1.807) is 6.20 Å². The minimum atomic E-state index is -0.0509. The number of carbonyl (C=O) groups excluding carboxylic acids is 1. The predicted molar refractivity (Wildman–Crippen MR) is 61.1 cm³/mol. The van der Waals surface area contributed by atoms with E-state index in [1.165, 1.54) is 12.5 Å². The fraction of sp³-hybridized carbons (Fsp3) is 0.167. The van der Waals surface area contributed by atoms with Crippen LogP contribution in [0.2, 0.25) is 0 Å². The Kier molecular flexibility index (Phi) is 2.63. The van der Waals surface area contributed by atoms with Crippen LogP contribution in [0.5, 0.6) is 0 Å². The summed E-state index contributed by atoms with van der Waals surface area (Å²) in [6.45, 7) is 1.50. The maximum Gasteiger partial charge on any atom is 0.221 e. The number of hydrogen-bond acceptors (Lipinski definition) is 2. The Hall–Kier alpha value is -1.90. The van der Waals surface area contributed by atoms with Gasteiger partial charge in [0.15, 0.2) is 0 Å². The summed E-state index contributed by atoms with van der Waals surface area (Å²) in [5.41, 5.74) is 2.01. The van der Waals surface area contributed by atoms with Gasteiger partial charge in [-0.2, -0.15) is 0 Å². The van der Waals surface area contributed by atoms with Gasteiger partial charge in [-0.25, -0.2) is 0 Å². The van der Waals surface area contributed by atoms with Crippen LogP contribution < -0.4 is 5.32 Å². The summed E-state index contributed by atoms with van der Waals surface area (Å²) < 4.78 is 0. The zero-order valence-electron chi connectivity index (χ0n) is 8.47. The van der Waals surface area contributed by atoms with Crippen molar-refractivity contribution < 1.29 is 4.79 Å². The van der Waals surface area contributed by atoms with E-state index in [2.05, 4.69) is 10.3 Å². The molecule has 0 saturated heterocycles. The molecule has 15 heavy (non-hydrogen) atoms. The van der Waals surface area contributed by atoms with Gasteiger partial charge in [-0.1, -0.05) is 18.2 Å². The Bertz CT molecular complexity index is 406. The zero-order chi connectivity index (χ0) is 10.7. The summed E-state index contributed by atoms with van der Waals surface area (Å²) in [6.07, 6.45) is 5.73. The van der Waals surface area contributed by atoms with E-state index in [9.17, 15) is 4.79 Å². The molecule has 3 heteroatoms. The van der Waals surface area contributed by atoms with E-state index in [1.807, 2.05) is 36.6 Å². The van der Waals surface area contributed by atoms with Crippen molar-refractivity contribution in [3.63, 3.8) is 0 Å². The third-order valence-corrected chi connectivity index (χ3v) is 2.24. The van der Waals surface area contributed by atoms with Gasteiger partial charge in [-0.15, -0.1) is 0 Å². The fourth-order valence-corrected chi connectivity index (χ4v) is 1.52. The number of rotatable bonds is 2. The SMILES string of the molecule is CC(=O)Nc1ccc(C2C=CN=C2)cc1. The van der Waals surface area contributed by atoms with Crippen molar-refractivity contribution in [1.82, 2.24) is 0 Å². The van der Waals surface area contributed by atoms with Gasteiger partial charge in [-0.05, 0) is 17.7 Å². The third kappa shape index (κ3) is 2.31. The first-order valence-electron chi connectivity index (χ1n) is 4.83. The summed E-state index contributed by atoms with van der Waals surface area (Å²) in [5.74, 6) is 0.224. The van der Waals surface area contributed by atoms with Crippen LogP contribution in [0.25, 0.3) is 0 Å². The molecule has 0 fully saturated rings. The second-order valence-corrected chi connectivity index (χ2v) is 3.47. The fourth-order valence-electron chi connectivity index (χ4n) is 1.52. The number of aliphatic imine (C=N–C) groups is 1. The molecule has 1 unspecified atom stereocenters. The molecule has 1 N–H and O–H groups in total. The quantitative estimate of drug-likeness (QED) is 0.782. The van der Waals surface area contributed by atoms with Gasteiger partial charge < -0.3 is 5.32 Å². The summed E-state index contributed by atoms with van der Waals surface area (Å²) in [6, 6.07) is 7.79. The molecule has 1 aliphatic rings. The van der Waals surface area contributed by atoms with Crippen molar-refractivity contribution in [3.8, 4) is 0 Å². The molecule has 1 aromatic rings. The average Bonchev–Trinajstić information content (AvgIpc) is 2.71. The van der Waals surface area contributed by atoms with Gasteiger partial charge in [0.1, 0.15) is 0 Å². The smallest absolute Gasteiger partial charge is 0.221 e. The molecule has 1 heterocycles. The Morgan fingerprint density at radius 1 is 1.33 bits per heavy atom. The first-order chi connectivity index (χ1) is 7.25. The molecule has 1 atom stereocenters. The molecule has 1 aromatic carbocycles. The lowest BCUT2D eigenvalue weighted by atomic mass is 10.0. The lowest BCUT2D eigenvalue weighted by Crippen LogP contribution is -2.05. The van der Waals surface area contributed by atoms with Crippen LogP contribution in [0.15, 0.2) is 41.5 Å². The maximum atomic E-state index is 10.8. The average molecular weight is 200 g/mol. The molecule has 0 aromatic heterocycles. The van der Waals surface area contributed by atoms with E-state index >= 15 is 0 Å². The second kappa shape index (κ2) is 4.09. The van der Waals surface area contributed by atoms with Gasteiger partial charge in [0.05, 0.1) is 0 Å². The normalized spacial score (nSPS) is 18.1. The van der Waals surface area contributed by atoms with Crippen molar-refractivity contribution in [2.75, 3.05) is 5.32 Å². The van der Waals surface area contributed by atoms with Crippen LogP contribution in [-0.2, 0) is 4.79 Å². The Morgan fingerprint density at radius 3 is 2.60 bits per heavy atom. The number of anilines is 1. The second-order valence-electron chi connectivity index (χ2n) is 3.47. The Labute approximate surface area is 88.5 Å². The van der Waals surface area contributed by atoms with Crippen molar-refractivity contribution in [3.05, 3.63) is 42.1 Å². The van der Waals surface area contributed by atoms with Crippen molar-refractivity contribution in [2.45, 2.75) is 12.8 Å². The molecule has 2 rings (SSSR count). The highest BCUT2D eigenvalue weighted by Gasteiger charge is 2.07. The molecule has 0 aliphatic carbocycles. The summed E-state index contributed by atoms with van der Waals surface area (Å²) >= 11 is 0. The van der Waals surface area contributed by atoms with E-state index in [0.29, 0.717) is 0 Å². The number of allylic oxidation sites excluding steroid dienone is 1. The summed E-state index contributed by atoms with van der Waals surface area (Å²) in [7, 11) is 0. The number of amides is 1. The van der Waals surface area contributed by atoms with Crippen LogP contribution in [0.1, 0.15) is 18.4 Å². The van der Waals surface area contributed by atoms with Crippen LogP contribution in [-0.4, -0.2) is 12.1 Å². The van der Waals surface area contributed by atoms with E-state index < -0.39 is 0 Å². The minimum Gasteiger partial charge on any atom is -0.326 e. The highest BCUT2D eigenvalue weighted by atomic mass is 16.1. The molecular weight excluding hydrogens is 188 g/mol. The van der Waals surface area contributed by atoms with E-state index in [0.717, 1.165) is 5.69 Å². The van der Waals surface area contributed by atoms with Crippen molar-refractivity contribution >= 4 is 17.8 Å². The molecular formula is C12H12N2O. The zero-order valence-corrected chi connectivity index (χ0v) is 8.47. The van der Waals surface area contributed by atoms with Gasteiger partial charge in [0, 0.05) is 30.9 Å². The van der Waals surface area contributed by atoms with Crippen LogP contribution in [0.3, 0.4) is 0 Å². The first-order valence-corrected chi connectivity index (χ1v) is 4.83. The Balaban J connectivity index is 2.13. The van der Waals surface area contributed by atoms with Crippen molar-refractivity contribution in [2.24, 2.45) is 4.99 Å². The van der Waals surface area contributed by atoms with E-state index in [4.69, 9.17) is 0 Å². The Morgan fingerprint density at radius 2 is 2.07 bits per heavy atom. The molecule has 76 valence electrons. The number of nitrogens with one attached hydrogen (secondary N) is 1. The minimum absolute atomic E-state index is 0.0509. The lowest BCUT2D eigenvalue weighted by Gasteiger charge is -2.06. The van der Waals surface area contributed by atoms with Gasteiger partial charge in [0.25, 0.3) is 0 Å². The van der Waals surface area contributed by atoms with E-state index in [-0.39, 0.29) is 11.8 Å². The molecule has 1 amide bonds. The first kappa shape index (κ1) is 9.65. The van der Waals surface area contributed by atoms with Crippen LogP contribution in [0.4, 0.5) is 5.69 Å². The molecule has 0 bridgehead atoms. The molecule has 3 nitrogen and oxygen atoms in total. The summed E-state index contributed by atoms with van der Waals surface area (Å²) in [5, 5.41) is 2.73. The standard InChI is InChI=1S/C12H12N2O/c1-9(15)14-12-4-2-10(3-5-12)11-6-7-13-8-11/h2-8,11H,1H3,(H,14,15). The lowest BCUT2D eigenvalue weighted by molar-refractivity contribution is -0.114. The number of benzene rings is 1. The largest absolute Gasteiger partial charge is 0.326 e. The highest BCUT2D eigenvalue weighted by molar-refractivity contribution is 5.88. The topological polar surface area (TPSA) is 41.5 Å². The molecule has 0 radical (unpaired) electrons. The predicted octanol–water partition coefficient (Wildman–Crippen LogP) is 2.33. The van der Waals surface area contributed by atoms with Crippen molar-refractivity contribution in [1.29, 1.82) is 0 Å².